The lowest BCUT2D eigenvalue weighted by atomic mass is 10.1. The molecule has 0 aromatic heterocycles. The van der Waals surface area contributed by atoms with Crippen molar-refractivity contribution in [2.45, 2.75) is 37.5 Å². The zero-order chi connectivity index (χ0) is 30.5. The predicted molar refractivity (Wildman–Crippen MR) is 153 cm³/mol. The number of benzene rings is 3. The van der Waals surface area contributed by atoms with Crippen molar-refractivity contribution in [2.75, 3.05) is 17.4 Å². The number of alkyl halides is 3. The molecule has 0 radical (unpaired) electrons. The molecule has 2 amide bonds. The maximum absolute atomic E-state index is 13.8. The molecule has 0 aliphatic carbocycles. The van der Waals surface area contributed by atoms with Gasteiger partial charge in [0.15, 0.2) is 0 Å². The zero-order valence-corrected chi connectivity index (χ0v) is 24.8. The molecule has 0 aliphatic rings. The highest BCUT2D eigenvalue weighted by atomic mass is 35.5. The molecule has 14 heteroatoms. The minimum Gasteiger partial charge on any atom is -0.355 e. The van der Waals surface area contributed by atoms with Crippen LogP contribution < -0.4 is 9.62 Å². The number of hydrogen-bond donors (Lipinski definition) is 1. The molecule has 0 spiro atoms. The van der Waals surface area contributed by atoms with Crippen LogP contribution in [0.4, 0.5) is 18.9 Å². The summed E-state index contributed by atoms with van der Waals surface area (Å²) in [6, 6.07) is 12.9. The number of amides is 2. The Bertz CT molecular complexity index is 1500. The maximum atomic E-state index is 13.8. The van der Waals surface area contributed by atoms with Crippen molar-refractivity contribution in [2.24, 2.45) is 0 Å². The van der Waals surface area contributed by atoms with Crippen LogP contribution in [0.2, 0.25) is 15.1 Å². The van der Waals surface area contributed by atoms with E-state index in [1.807, 2.05) is 0 Å². The van der Waals surface area contributed by atoms with Crippen LogP contribution in [-0.2, 0) is 32.3 Å². The Hall–Kier alpha value is -2.99. The zero-order valence-electron chi connectivity index (χ0n) is 21.8. The van der Waals surface area contributed by atoms with Gasteiger partial charge in [0, 0.05) is 28.7 Å². The van der Waals surface area contributed by atoms with Crippen molar-refractivity contribution in [1.82, 2.24) is 10.2 Å². The Morgan fingerprint density at radius 3 is 2.10 bits per heavy atom. The summed E-state index contributed by atoms with van der Waals surface area (Å²) in [7, 11) is -4.58. The number of carbonyl (C=O) groups excluding carboxylic acids is 2. The molecule has 0 bridgehead atoms. The van der Waals surface area contributed by atoms with E-state index in [2.05, 4.69) is 5.32 Å². The molecular weight excluding hydrogens is 626 g/mol. The molecule has 1 N–H and O–H groups in total. The molecule has 1 atom stereocenters. The summed E-state index contributed by atoms with van der Waals surface area (Å²) >= 11 is 18.4. The molecule has 3 aromatic rings. The van der Waals surface area contributed by atoms with E-state index >= 15 is 0 Å². The Balaban J connectivity index is 2.14. The number of likely N-dealkylation sites (N-methyl/N-ethyl adjacent to an activating group) is 1. The third kappa shape index (κ3) is 7.65. The minimum atomic E-state index is -4.90. The molecule has 0 saturated heterocycles. The summed E-state index contributed by atoms with van der Waals surface area (Å²) in [6.45, 7) is 2.10. The molecule has 7 nitrogen and oxygen atoms in total. The van der Waals surface area contributed by atoms with E-state index in [4.69, 9.17) is 34.8 Å². The Morgan fingerprint density at radius 2 is 1.54 bits per heavy atom. The maximum Gasteiger partial charge on any atom is 0.417 e. The second kappa shape index (κ2) is 13.3. The van der Waals surface area contributed by atoms with Gasteiger partial charge in [-0.2, -0.15) is 13.2 Å². The topological polar surface area (TPSA) is 86.8 Å². The second-order valence-electron chi connectivity index (χ2n) is 8.78. The number of anilines is 1. The fraction of sp³-hybridized carbons (Fsp3) is 0.259. The molecule has 3 aromatic carbocycles. The number of rotatable bonds is 10. The van der Waals surface area contributed by atoms with Crippen LogP contribution >= 0.6 is 34.8 Å². The first kappa shape index (κ1) is 32.5. The summed E-state index contributed by atoms with van der Waals surface area (Å²) in [6.07, 6.45) is -4.90. The molecule has 0 heterocycles. The number of carbonyl (C=O) groups is 2. The minimum absolute atomic E-state index is 0.194. The SMILES string of the molecule is CCNC(=O)[C@@H](C)N(Cc1c(Cl)cccc1Cl)C(=O)CN(c1ccc(Cl)c(C(F)(F)F)c1)S(=O)(=O)c1ccccc1. The van der Waals surface area contributed by atoms with Crippen molar-refractivity contribution in [1.29, 1.82) is 0 Å². The highest BCUT2D eigenvalue weighted by Gasteiger charge is 2.37. The van der Waals surface area contributed by atoms with E-state index in [1.54, 1.807) is 19.1 Å². The fourth-order valence-corrected chi connectivity index (χ4v) is 6.06. The molecule has 0 fully saturated rings. The number of hydrogen-bond acceptors (Lipinski definition) is 4. The smallest absolute Gasteiger partial charge is 0.355 e. The van der Waals surface area contributed by atoms with E-state index in [0.29, 0.717) is 15.9 Å². The first-order valence-corrected chi connectivity index (χ1v) is 14.7. The summed E-state index contributed by atoms with van der Waals surface area (Å²) in [5.74, 6) is -1.45. The van der Waals surface area contributed by atoms with Gasteiger partial charge in [0.25, 0.3) is 10.0 Å². The monoisotopic (exact) mass is 649 g/mol. The van der Waals surface area contributed by atoms with Crippen LogP contribution in [0, 0.1) is 0 Å². The van der Waals surface area contributed by atoms with E-state index in [9.17, 15) is 31.2 Å². The number of halogens is 6. The van der Waals surface area contributed by atoms with Gasteiger partial charge in [-0.05, 0) is 56.3 Å². The van der Waals surface area contributed by atoms with Gasteiger partial charge in [-0.1, -0.05) is 59.1 Å². The lowest BCUT2D eigenvalue weighted by Gasteiger charge is -2.32. The van der Waals surface area contributed by atoms with E-state index in [0.717, 1.165) is 17.0 Å². The van der Waals surface area contributed by atoms with Crippen LogP contribution in [0.1, 0.15) is 25.0 Å². The predicted octanol–water partition coefficient (Wildman–Crippen LogP) is 6.41. The summed E-state index contributed by atoms with van der Waals surface area (Å²) in [5.41, 5.74) is -1.45. The van der Waals surface area contributed by atoms with Crippen LogP contribution in [-0.4, -0.2) is 44.3 Å². The van der Waals surface area contributed by atoms with Gasteiger partial charge in [0.2, 0.25) is 11.8 Å². The molecule has 3 rings (SSSR count). The van der Waals surface area contributed by atoms with Crippen LogP contribution in [0.5, 0.6) is 0 Å². The number of sulfonamides is 1. The van der Waals surface area contributed by atoms with Crippen LogP contribution in [0.3, 0.4) is 0 Å². The average Bonchev–Trinajstić information content (AvgIpc) is 2.91. The third-order valence-corrected chi connectivity index (χ3v) is 8.89. The quantitative estimate of drug-likeness (QED) is 0.275. The molecule has 41 heavy (non-hydrogen) atoms. The Kier molecular flexibility index (Phi) is 10.6. The molecule has 0 unspecified atom stereocenters. The standard InChI is InChI=1S/C27H25Cl3F3N3O4S/c1-3-34-26(38)17(2)35(15-20-22(28)10-7-11-23(20)29)25(37)16-36(41(39,40)19-8-5-4-6-9-19)18-12-13-24(30)21(14-18)27(31,32)33/h4-14,17H,3,15-16H2,1-2H3,(H,34,38)/t17-/m1/s1. The number of nitrogens with zero attached hydrogens (tertiary/aromatic N) is 2. The third-order valence-electron chi connectivity index (χ3n) is 6.06. The van der Waals surface area contributed by atoms with Crippen molar-refractivity contribution in [3.05, 3.63) is 92.9 Å². The summed E-state index contributed by atoms with van der Waals surface area (Å²) < 4.78 is 69.1. The van der Waals surface area contributed by atoms with Crippen LogP contribution in [0.15, 0.2) is 71.6 Å². The van der Waals surface area contributed by atoms with E-state index in [-0.39, 0.29) is 28.0 Å². The van der Waals surface area contributed by atoms with Crippen LogP contribution in [0.25, 0.3) is 0 Å². The fourth-order valence-electron chi connectivity index (χ4n) is 3.89. The molecule has 0 aliphatic heterocycles. The van der Waals surface area contributed by atoms with Gasteiger partial charge >= 0.3 is 6.18 Å². The lowest BCUT2D eigenvalue weighted by molar-refractivity contribution is -0.139. The normalized spacial score (nSPS) is 12.5. The van der Waals surface area contributed by atoms with Gasteiger partial charge in [-0.25, -0.2) is 8.42 Å². The highest BCUT2D eigenvalue weighted by molar-refractivity contribution is 7.92. The van der Waals surface area contributed by atoms with E-state index in [1.165, 1.54) is 43.3 Å². The molecule has 220 valence electrons. The Morgan fingerprint density at radius 1 is 0.927 bits per heavy atom. The summed E-state index contributed by atoms with van der Waals surface area (Å²) in [4.78, 5) is 27.4. The van der Waals surface area contributed by atoms with Crippen molar-refractivity contribution >= 4 is 62.3 Å². The first-order chi connectivity index (χ1) is 19.2. The Labute approximate surface area is 250 Å². The van der Waals surface area contributed by atoms with Crippen molar-refractivity contribution in [3.8, 4) is 0 Å². The van der Waals surface area contributed by atoms with Gasteiger partial charge in [-0.15, -0.1) is 0 Å². The largest absolute Gasteiger partial charge is 0.417 e. The molecular formula is C27H25Cl3F3N3O4S. The van der Waals surface area contributed by atoms with Gasteiger partial charge in [0.05, 0.1) is 21.2 Å². The van der Waals surface area contributed by atoms with Gasteiger partial charge in [-0.3, -0.25) is 13.9 Å². The highest BCUT2D eigenvalue weighted by Crippen LogP contribution is 2.38. The van der Waals surface area contributed by atoms with Crippen molar-refractivity contribution < 1.29 is 31.2 Å². The van der Waals surface area contributed by atoms with Gasteiger partial charge < -0.3 is 10.2 Å². The summed E-state index contributed by atoms with van der Waals surface area (Å²) in [5, 5.41) is 2.34. The number of nitrogens with one attached hydrogen (secondary N) is 1. The average molecular weight is 651 g/mol. The van der Waals surface area contributed by atoms with E-state index < -0.39 is 56.9 Å². The second-order valence-corrected chi connectivity index (χ2v) is 11.9. The first-order valence-electron chi connectivity index (χ1n) is 12.1. The lowest BCUT2D eigenvalue weighted by Crippen LogP contribution is -2.51. The molecule has 0 saturated carbocycles. The van der Waals surface area contributed by atoms with Gasteiger partial charge in [0.1, 0.15) is 12.6 Å². The van der Waals surface area contributed by atoms with Crippen molar-refractivity contribution in [3.63, 3.8) is 0 Å².